The van der Waals surface area contributed by atoms with Crippen LogP contribution in [0.2, 0.25) is 0 Å². The quantitative estimate of drug-likeness (QED) is 0.440. The molecule has 0 spiro atoms. The van der Waals surface area contributed by atoms with Crippen LogP contribution in [-0.4, -0.2) is 16.6 Å². The zero-order valence-electron chi connectivity index (χ0n) is 17.3. The Kier molecular flexibility index (Phi) is 7.81. The van der Waals surface area contributed by atoms with Crippen LogP contribution in [0.3, 0.4) is 0 Å². The fourth-order valence-corrected chi connectivity index (χ4v) is 3.95. The van der Waals surface area contributed by atoms with Crippen LogP contribution in [0.15, 0.2) is 30.5 Å². The second-order valence-corrected chi connectivity index (χ2v) is 8.16. The fraction of sp³-hybridized carbons (Fsp3) is 0.583. The van der Waals surface area contributed by atoms with Gasteiger partial charge in [-0.05, 0) is 55.4 Å². The monoisotopic (exact) mass is 384 g/mol. The van der Waals surface area contributed by atoms with Gasteiger partial charge >= 0.3 is 0 Å². The number of ether oxygens (including phenoxy) is 1. The Hall–Kier alpha value is -1.97. The number of hydrogen-bond acceptors (Lipinski definition) is 3. The summed E-state index contributed by atoms with van der Waals surface area (Å²) in [4.78, 5) is 9.05. The minimum Gasteiger partial charge on any atom is -0.490 e. The van der Waals surface area contributed by atoms with Gasteiger partial charge in [0.05, 0.1) is 6.61 Å². The molecule has 1 aliphatic carbocycles. The second kappa shape index (κ2) is 10.5. The molecule has 1 saturated carbocycles. The zero-order chi connectivity index (χ0) is 19.8. The molecule has 1 aromatic carbocycles. The Morgan fingerprint density at radius 1 is 1.14 bits per heavy atom. The van der Waals surface area contributed by atoms with E-state index >= 15 is 0 Å². The van der Waals surface area contributed by atoms with Crippen LogP contribution >= 0.6 is 0 Å². The van der Waals surface area contributed by atoms with Gasteiger partial charge in [-0.3, -0.25) is 0 Å². The van der Waals surface area contributed by atoms with Gasteiger partial charge in [-0.1, -0.05) is 52.4 Å². The SMILES string of the molecule is CCCCCC(C)c1ccnc(-c2ccc(OCC3CCCCC3)c(F)c2)n1. The summed E-state index contributed by atoms with van der Waals surface area (Å²) in [5, 5.41) is 0. The number of rotatable bonds is 9. The molecule has 152 valence electrons. The molecule has 1 heterocycles. The van der Waals surface area contributed by atoms with Gasteiger partial charge in [0.2, 0.25) is 0 Å². The molecule has 0 aliphatic heterocycles. The highest BCUT2D eigenvalue weighted by Crippen LogP contribution is 2.28. The van der Waals surface area contributed by atoms with Gasteiger partial charge in [0.1, 0.15) is 0 Å². The molecular formula is C24H33FN2O. The van der Waals surface area contributed by atoms with E-state index < -0.39 is 0 Å². The van der Waals surface area contributed by atoms with Crippen molar-refractivity contribution in [2.75, 3.05) is 6.61 Å². The first-order valence-electron chi connectivity index (χ1n) is 10.9. The van der Waals surface area contributed by atoms with Crippen LogP contribution < -0.4 is 4.74 Å². The van der Waals surface area contributed by atoms with Crippen molar-refractivity contribution in [3.8, 4) is 17.1 Å². The van der Waals surface area contributed by atoms with E-state index in [-0.39, 0.29) is 5.82 Å². The molecular weight excluding hydrogens is 351 g/mol. The van der Waals surface area contributed by atoms with Crippen LogP contribution in [0.25, 0.3) is 11.4 Å². The van der Waals surface area contributed by atoms with E-state index in [1.54, 1.807) is 12.3 Å². The zero-order valence-corrected chi connectivity index (χ0v) is 17.3. The van der Waals surface area contributed by atoms with Crippen LogP contribution in [0, 0.1) is 11.7 Å². The van der Waals surface area contributed by atoms with E-state index in [9.17, 15) is 4.39 Å². The molecule has 3 nitrogen and oxygen atoms in total. The number of unbranched alkanes of at least 4 members (excludes halogenated alkanes) is 2. The first-order chi connectivity index (χ1) is 13.7. The first kappa shape index (κ1) is 20.8. The molecule has 4 heteroatoms. The number of benzene rings is 1. The van der Waals surface area contributed by atoms with E-state index in [0.29, 0.717) is 35.6 Å². The average Bonchev–Trinajstić information content (AvgIpc) is 2.74. The summed E-state index contributed by atoms with van der Waals surface area (Å²) in [6, 6.07) is 7.05. The Morgan fingerprint density at radius 2 is 1.96 bits per heavy atom. The molecule has 1 fully saturated rings. The number of nitrogens with zero attached hydrogens (tertiary/aromatic N) is 2. The van der Waals surface area contributed by atoms with E-state index in [1.165, 1.54) is 57.4 Å². The maximum Gasteiger partial charge on any atom is 0.165 e. The Morgan fingerprint density at radius 3 is 2.71 bits per heavy atom. The van der Waals surface area contributed by atoms with Gasteiger partial charge in [0, 0.05) is 17.5 Å². The molecule has 0 amide bonds. The van der Waals surface area contributed by atoms with Gasteiger partial charge in [-0.2, -0.15) is 0 Å². The van der Waals surface area contributed by atoms with E-state index in [4.69, 9.17) is 9.72 Å². The van der Waals surface area contributed by atoms with E-state index in [0.717, 1.165) is 12.1 Å². The van der Waals surface area contributed by atoms with E-state index in [2.05, 4.69) is 18.8 Å². The molecule has 3 rings (SSSR count). The highest BCUT2D eigenvalue weighted by Gasteiger charge is 2.16. The predicted octanol–water partition coefficient (Wildman–Crippen LogP) is 6.93. The molecule has 1 unspecified atom stereocenters. The lowest BCUT2D eigenvalue weighted by Crippen LogP contribution is -2.15. The normalized spacial score (nSPS) is 16.1. The molecule has 0 radical (unpaired) electrons. The average molecular weight is 385 g/mol. The summed E-state index contributed by atoms with van der Waals surface area (Å²) in [7, 11) is 0. The van der Waals surface area contributed by atoms with Crippen molar-refractivity contribution in [3.05, 3.63) is 42.0 Å². The standard InChI is InChI=1S/C24H33FN2O/c1-3-4-6-9-18(2)22-14-15-26-24(27-22)20-12-13-23(21(25)16-20)28-17-19-10-7-5-8-11-19/h12-16,18-19H,3-11,17H2,1-2H3. The van der Waals surface area contributed by atoms with Crippen molar-refractivity contribution >= 4 is 0 Å². The van der Waals surface area contributed by atoms with Crippen LogP contribution in [0.4, 0.5) is 4.39 Å². The third kappa shape index (κ3) is 5.76. The molecule has 1 atom stereocenters. The summed E-state index contributed by atoms with van der Waals surface area (Å²) in [6.07, 6.45) is 12.8. The van der Waals surface area contributed by atoms with Crippen LogP contribution in [0.5, 0.6) is 5.75 Å². The van der Waals surface area contributed by atoms with Gasteiger partial charge in [0.25, 0.3) is 0 Å². The van der Waals surface area contributed by atoms with Crippen LogP contribution in [-0.2, 0) is 0 Å². The fourth-order valence-electron chi connectivity index (χ4n) is 3.95. The molecule has 2 aromatic rings. The Bertz CT molecular complexity index is 743. The molecule has 0 saturated heterocycles. The smallest absolute Gasteiger partial charge is 0.165 e. The van der Waals surface area contributed by atoms with E-state index in [1.807, 2.05) is 12.1 Å². The lowest BCUT2D eigenvalue weighted by molar-refractivity contribution is 0.202. The molecule has 0 bridgehead atoms. The van der Waals surface area contributed by atoms with Crippen LogP contribution in [0.1, 0.15) is 83.2 Å². The topological polar surface area (TPSA) is 35.0 Å². The lowest BCUT2D eigenvalue weighted by atomic mass is 9.90. The molecule has 28 heavy (non-hydrogen) atoms. The van der Waals surface area contributed by atoms with Gasteiger partial charge < -0.3 is 4.74 Å². The highest BCUT2D eigenvalue weighted by atomic mass is 19.1. The Balaban J connectivity index is 1.65. The predicted molar refractivity (Wildman–Crippen MR) is 112 cm³/mol. The third-order valence-corrected chi connectivity index (χ3v) is 5.81. The van der Waals surface area contributed by atoms with Gasteiger partial charge in [0.15, 0.2) is 17.4 Å². The van der Waals surface area contributed by atoms with Crippen molar-refractivity contribution in [3.63, 3.8) is 0 Å². The largest absolute Gasteiger partial charge is 0.490 e. The summed E-state index contributed by atoms with van der Waals surface area (Å²) in [5.41, 5.74) is 1.73. The summed E-state index contributed by atoms with van der Waals surface area (Å²) >= 11 is 0. The maximum absolute atomic E-state index is 14.6. The first-order valence-corrected chi connectivity index (χ1v) is 10.9. The van der Waals surface area contributed by atoms with Gasteiger partial charge in [-0.15, -0.1) is 0 Å². The molecule has 0 N–H and O–H groups in total. The minimum atomic E-state index is -0.335. The lowest BCUT2D eigenvalue weighted by Gasteiger charge is -2.21. The molecule has 1 aliphatic rings. The second-order valence-electron chi connectivity index (χ2n) is 8.16. The van der Waals surface area contributed by atoms with Gasteiger partial charge in [-0.25, -0.2) is 14.4 Å². The summed E-state index contributed by atoms with van der Waals surface area (Å²) in [5.74, 6) is 1.52. The molecule has 1 aromatic heterocycles. The van der Waals surface area contributed by atoms with Crippen molar-refractivity contribution in [2.24, 2.45) is 5.92 Å². The van der Waals surface area contributed by atoms with Crippen molar-refractivity contribution < 1.29 is 9.13 Å². The highest BCUT2D eigenvalue weighted by molar-refractivity contribution is 5.56. The summed E-state index contributed by atoms with van der Waals surface area (Å²) in [6.45, 7) is 5.02. The van der Waals surface area contributed by atoms with Crippen molar-refractivity contribution in [2.45, 2.75) is 77.6 Å². The number of aromatic nitrogens is 2. The maximum atomic E-state index is 14.6. The van der Waals surface area contributed by atoms with Crippen molar-refractivity contribution in [1.29, 1.82) is 0 Å². The minimum absolute atomic E-state index is 0.332. The summed E-state index contributed by atoms with van der Waals surface area (Å²) < 4.78 is 20.3. The number of halogens is 1. The van der Waals surface area contributed by atoms with Crippen molar-refractivity contribution in [1.82, 2.24) is 9.97 Å². The third-order valence-electron chi connectivity index (χ3n) is 5.81. The number of hydrogen-bond donors (Lipinski definition) is 0. The Labute approximate surface area is 168 Å².